The zero-order valence-electron chi connectivity index (χ0n) is 19.5. The van der Waals surface area contributed by atoms with Crippen LogP contribution in [0.4, 0.5) is 27.6 Å². The molecule has 0 unspecified atom stereocenters. The summed E-state index contributed by atoms with van der Waals surface area (Å²) in [6.45, 7) is 4.68. The van der Waals surface area contributed by atoms with Gasteiger partial charge in [-0.3, -0.25) is 4.79 Å². The van der Waals surface area contributed by atoms with Crippen molar-refractivity contribution < 1.29 is 26.7 Å². The van der Waals surface area contributed by atoms with Gasteiger partial charge in [0.25, 0.3) is 0 Å². The van der Waals surface area contributed by atoms with Crippen LogP contribution in [0.3, 0.4) is 0 Å². The van der Waals surface area contributed by atoms with E-state index in [0.29, 0.717) is 28.3 Å². The minimum Gasteiger partial charge on any atom is -0.333 e. The average molecular weight is 497 g/mol. The second kappa shape index (κ2) is 8.79. The van der Waals surface area contributed by atoms with Gasteiger partial charge >= 0.3 is 6.18 Å². The number of aromatic nitrogens is 1. The zero-order chi connectivity index (χ0) is 26.4. The molecule has 3 aromatic carbocycles. The number of rotatable bonds is 4. The van der Waals surface area contributed by atoms with Gasteiger partial charge in [0.15, 0.2) is 0 Å². The van der Waals surface area contributed by atoms with Crippen LogP contribution in [0, 0.1) is 29.9 Å². The second-order valence-electron chi connectivity index (χ2n) is 8.92. The highest BCUT2D eigenvalue weighted by atomic mass is 19.4. The van der Waals surface area contributed by atoms with Gasteiger partial charge in [-0.15, -0.1) is 0 Å². The second-order valence-corrected chi connectivity index (χ2v) is 8.92. The summed E-state index contributed by atoms with van der Waals surface area (Å²) in [5.41, 5.74) is -1.37. The SMILES string of the molecule is Cc1cc(-c2cc(F)c3ccn(C(C)(C)C(=O)Nc4ccc(C#N)c(C(F)(F)F)c4)c3c2)ccc1F. The van der Waals surface area contributed by atoms with Crippen LogP contribution in [0.15, 0.2) is 60.8 Å². The van der Waals surface area contributed by atoms with Crippen LogP contribution in [0.25, 0.3) is 22.0 Å². The molecule has 36 heavy (non-hydrogen) atoms. The molecule has 1 heterocycles. The molecule has 1 N–H and O–H groups in total. The van der Waals surface area contributed by atoms with Crippen LogP contribution in [0.5, 0.6) is 0 Å². The number of alkyl halides is 3. The standard InChI is InChI=1S/C27H20F5N3O/c1-15-10-16(5-7-22(15)28)18-11-23(29)20-8-9-35(24(20)12-18)26(2,3)25(36)34-19-6-4-17(14-33)21(13-19)27(30,31)32/h4-13H,1-3H3,(H,34,36). The van der Waals surface area contributed by atoms with E-state index in [1.165, 1.54) is 47.2 Å². The Hall–Kier alpha value is -4.19. The molecule has 1 aromatic heterocycles. The number of nitriles is 1. The number of carbonyl (C=O) groups is 1. The summed E-state index contributed by atoms with van der Waals surface area (Å²) in [6, 6.07) is 13.3. The first-order chi connectivity index (χ1) is 16.8. The van der Waals surface area contributed by atoms with Gasteiger partial charge < -0.3 is 9.88 Å². The molecule has 0 radical (unpaired) electrons. The number of fused-ring (bicyclic) bond motifs is 1. The molecular weight excluding hydrogens is 477 g/mol. The van der Waals surface area contributed by atoms with E-state index in [2.05, 4.69) is 5.32 Å². The Morgan fingerprint density at radius 3 is 2.31 bits per heavy atom. The first-order valence-electron chi connectivity index (χ1n) is 10.8. The number of anilines is 1. The molecule has 0 fully saturated rings. The van der Waals surface area contributed by atoms with Crippen LogP contribution in [-0.4, -0.2) is 10.5 Å². The van der Waals surface area contributed by atoms with E-state index in [1.54, 1.807) is 32.9 Å². The third kappa shape index (κ3) is 4.42. The van der Waals surface area contributed by atoms with Crippen LogP contribution < -0.4 is 5.32 Å². The maximum Gasteiger partial charge on any atom is 0.417 e. The number of nitrogens with one attached hydrogen (secondary N) is 1. The lowest BCUT2D eigenvalue weighted by Gasteiger charge is -2.27. The number of halogens is 5. The Labute approximate surface area is 203 Å². The van der Waals surface area contributed by atoms with Gasteiger partial charge in [0, 0.05) is 17.3 Å². The molecule has 4 rings (SSSR count). The molecule has 0 saturated carbocycles. The number of hydrogen-bond acceptors (Lipinski definition) is 2. The highest BCUT2D eigenvalue weighted by molar-refractivity contribution is 5.98. The summed E-state index contributed by atoms with van der Waals surface area (Å²) in [4.78, 5) is 13.2. The van der Waals surface area contributed by atoms with Gasteiger partial charge in [-0.25, -0.2) is 8.78 Å². The maximum atomic E-state index is 15.0. The molecule has 0 saturated heterocycles. The molecule has 1 amide bonds. The van der Waals surface area contributed by atoms with Gasteiger partial charge in [0.1, 0.15) is 17.2 Å². The Morgan fingerprint density at radius 2 is 1.67 bits per heavy atom. The van der Waals surface area contributed by atoms with E-state index < -0.39 is 40.4 Å². The predicted octanol–water partition coefficient (Wildman–Crippen LogP) is 7.16. The van der Waals surface area contributed by atoms with Crippen molar-refractivity contribution in [3.63, 3.8) is 0 Å². The molecule has 4 nitrogen and oxygen atoms in total. The highest BCUT2D eigenvalue weighted by Crippen LogP contribution is 2.35. The molecule has 9 heteroatoms. The van der Waals surface area contributed by atoms with E-state index in [9.17, 15) is 26.7 Å². The quantitative estimate of drug-likeness (QED) is 0.304. The van der Waals surface area contributed by atoms with Gasteiger partial charge in [0.2, 0.25) is 5.91 Å². The Balaban J connectivity index is 1.73. The van der Waals surface area contributed by atoms with E-state index >= 15 is 0 Å². The molecule has 0 atom stereocenters. The third-order valence-electron chi connectivity index (χ3n) is 6.11. The Bertz CT molecular complexity index is 1540. The normalized spacial score (nSPS) is 12.0. The lowest BCUT2D eigenvalue weighted by molar-refractivity contribution is -0.137. The summed E-state index contributed by atoms with van der Waals surface area (Å²) in [5, 5.41) is 11.7. The van der Waals surface area contributed by atoms with Crippen molar-refractivity contribution in [3.05, 3.63) is 89.1 Å². The van der Waals surface area contributed by atoms with Crippen molar-refractivity contribution in [1.82, 2.24) is 4.57 Å². The smallest absolute Gasteiger partial charge is 0.333 e. The number of aryl methyl sites for hydroxylation is 1. The number of carbonyl (C=O) groups excluding carboxylic acids is 1. The predicted molar refractivity (Wildman–Crippen MR) is 126 cm³/mol. The van der Waals surface area contributed by atoms with Crippen molar-refractivity contribution in [2.75, 3.05) is 5.32 Å². The summed E-state index contributed by atoms with van der Waals surface area (Å²) < 4.78 is 70.2. The molecule has 0 spiro atoms. The minimum atomic E-state index is -4.77. The highest BCUT2D eigenvalue weighted by Gasteiger charge is 2.35. The molecule has 0 aliphatic heterocycles. The largest absolute Gasteiger partial charge is 0.417 e. The lowest BCUT2D eigenvalue weighted by Crippen LogP contribution is -2.40. The van der Waals surface area contributed by atoms with E-state index in [4.69, 9.17) is 5.26 Å². The molecule has 4 aromatic rings. The summed E-state index contributed by atoms with van der Waals surface area (Å²) >= 11 is 0. The van der Waals surface area contributed by atoms with Crippen molar-refractivity contribution in [2.24, 2.45) is 0 Å². The average Bonchev–Trinajstić information content (AvgIpc) is 3.25. The van der Waals surface area contributed by atoms with Gasteiger partial charge in [-0.2, -0.15) is 18.4 Å². The van der Waals surface area contributed by atoms with Gasteiger partial charge in [-0.05, 0) is 86.0 Å². The van der Waals surface area contributed by atoms with Crippen molar-refractivity contribution in [3.8, 4) is 17.2 Å². The molecule has 184 valence electrons. The fourth-order valence-electron chi connectivity index (χ4n) is 4.02. The zero-order valence-corrected chi connectivity index (χ0v) is 19.5. The molecule has 0 aliphatic carbocycles. The monoisotopic (exact) mass is 497 g/mol. The fraction of sp³-hybridized carbons (Fsp3) is 0.185. The van der Waals surface area contributed by atoms with E-state index in [1.807, 2.05) is 0 Å². The van der Waals surface area contributed by atoms with Gasteiger partial charge in [-0.1, -0.05) is 6.07 Å². The molecule has 0 aliphatic rings. The number of benzene rings is 3. The fourth-order valence-corrected chi connectivity index (χ4v) is 4.02. The van der Waals surface area contributed by atoms with Crippen LogP contribution in [0.2, 0.25) is 0 Å². The lowest BCUT2D eigenvalue weighted by atomic mass is 10.00. The number of amides is 1. The maximum absolute atomic E-state index is 15.0. The van der Waals surface area contributed by atoms with E-state index in [-0.39, 0.29) is 11.1 Å². The summed E-state index contributed by atoms with van der Waals surface area (Å²) in [7, 11) is 0. The Kier molecular flexibility index (Phi) is 6.08. The van der Waals surface area contributed by atoms with Crippen LogP contribution in [-0.2, 0) is 16.5 Å². The number of hydrogen-bond donors (Lipinski definition) is 1. The molecular formula is C27H20F5N3O. The Morgan fingerprint density at radius 1 is 0.944 bits per heavy atom. The van der Waals surface area contributed by atoms with Crippen molar-refractivity contribution >= 4 is 22.5 Å². The first-order valence-corrected chi connectivity index (χ1v) is 10.8. The van der Waals surface area contributed by atoms with Crippen LogP contribution >= 0.6 is 0 Å². The third-order valence-corrected chi connectivity index (χ3v) is 6.11. The van der Waals surface area contributed by atoms with Crippen molar-refractivity contribution in [1.29, 1.82) is 5.26 Å². The minimum absolute atomic E-state index is 0.135. The van der Waals surface area contributed by atoms with Crippen molar-refractivity contribution in [2.45, 2.75) is 32.5 Å². The summed E-state index contributed by atoms with van der Waals surface area (Å²) in [5.74, 6) is -1.58. The van der Waals surface area contributed by atoms with E-state index in [0.717, 1.165) is 6.07 Å². The first kappa shape index (κ1) is 24.9. The summed E-state index contributed by atoms with van der Waals surface area (Å²) in [6.07, 6.45) is -3.25. The number of nitrogens with zero attached hydrogens (tertiary/aromatic N) is 2. The van der Waals surface area contributed by atoms with Gasteiger partial charge in [0.05, 0.1) is 22.7 Å². The topological polar surface area (TPSA) is 57.8 Å². The van der Waals surface area contributed by atoms with Crippen LogP contribution in [0.1, 0.15) is 30.5 Å². The molecule has 0 bridgehead atoms.